The molecule has 0 aliphatic carbocycles. The SMILES string of the molecule is Cc1ccc(OSF)cc1. The molecule has 0 radical (unpaired) electrons. The summed E-state index contributed by atoms with van der Waals surface area (Å²) in [5.74, 6) is 0.540. The third-order valence-corrected chi connectivity index (χ3v) is 1.40. The molecule has 0 amide bonds. The Morgan fingerprint density at radius 1 is 1.30 bits per heavy atom. The second-order valence-electron chi connectivity index (χ2n) is 1.96. The molecule has 0 aliphatic heterocycles. The molecule has 0 unspecified atom stereocenters. The smallest absolute Gasteiger partial charge is 0.272 e. The largest absolute Gasteiger partial charge is 0.397 e. The van der Waals surface area contributed by atoms with E-state index in [2.05, 4.69) is 4.18 Å². The van der Waals surface area contributed by atoms with E-state index >= 15 is 0 Å². The van der Waals surface area contributed by atoms with Gasteiger partial charge >= 0.3 is 0 Å². The van der Waals surface area contributed by atoms with Crippen molar-refractivity contribution in [1.29, 1.82) is 0 Å². The molecule has 0 aliphatic rings. The van der Waals surface area contributed by atoms with Crippen molar-refractivity contribution in [3.8, 4) is 5.75 Å². The van der Waals surface area contributed by atoms with Crippen LogP contribution >= 0.6 is 12.4 Å². The van der Waals surface area contributed by atoms with Crippen molar-refractivity contribution in [3.05, 3.63) is 29.8 Å². The van der Waals surface area contributed by atoms with Crippen LogP contribution in [0.2, 0.25) is 0 Å². The Balaban J connectivity index is 2.69. The zero-order valence-electron chi connectivity index (χ0n) is 5.50. The average Bonchev–Trinajstić information content (AvgIpc) is 1.95. The molecule has 54 valence electrons. The molecule has 0 saturated heterocycles. The van der Waals surface area contributed by atoms with Gasteiger partial charge in [-0.15, -0.1) is 3.89 Å². The lowest BCUT2D eigenvalue weighted by Gasteiger charge is -1.96. The number of rotatable bonds is 2. The second kappa shape index (κ2) is 3.46. The van der Waals surface area contributed by atoms with Gasteiger partial charge < -0.3 is 4.18 Å². The number of aryl methyl sites for hydroxylation is 1. The molecule has 1 rings (SSSR count). The first kappa shape index (κ1) is 7.41. The van der Waals surface area contributed by atoms with Crippen molar-refractivity contribution in [2.75, 3.05) is 0 Å². The highest BCUT2D eigenvalue weighted by molar-refractivity contribution is 7.89. The summed E-state index contributed by atoms with van der Waals surface area (Å²) < 4.78 is 16.0. The third kappa shape index (κ3) is 1.92. The van der Waals surface area contributed by atoms with E-state index in [-0.39, 0.29) is 12.4 Å². The Bertz CT molecular complexity index is 197. The highest BCUT2D eigenvalue weighted by Gasteiger charge is 1.91. The Labute approximate surface area is 63.7 Å². The maximum Gasteiger partial charge on any atom is 0.272 e. The predicted molar refractivity (Wildman–Crippen MR) is 40.5 cm³/mol. The van der Waals surface area contributed by atoms with Gasteiger partial charge in [0.25, 0.3) is 12.4 Å². The monoisotopic (exact) mass is 158 g/mol. The maximum absolute atomic E-state index is 11.5. The van der Waals surface area contributed by atoms with Crippen molar-refractivity contribution < 1.29 is 8.07 Å². The molecule has 0 atom stereocenters. The molecule has 0 heterocycles. The van der Waals surface area contributed by atoms with Gasteiger partial charge in [-0.25, -0.2) is 0 Å². The highest BCUT2D eigenvalue weighted by atomic mass is 32.2. The quantitative estimate of drug-likeness (QED) is 0.612. The van der Waals surface area contributed by atoms with Gasteiger partial charge in [-0.1, -0.05) is 17.7 Å². The first-order valence-corrected chi connectivity index (χ1v) is 3.49. The molecule has 0 spiro atoms. The van der Waals surface area contributed by atoms with E-state index in [0.29, 0.717) is 5.75 Å². The third-order valence-electron chi connectivity index (χ3n) is 1.15. The van der Waals surface area contributed by atoms with Crippen LogP contribution in [0.4, 0.5) is 3.89 Å². The molecule has 1 aromatic carbocycles. The standard InChI is InChI=1S/C7H7FOS/c1-6-2-4-7(5-3-6)9-10-8/h2-5H,1H3. The van der Waals surface area contributed by atoms with E-state index in [1.165, 1.54) is 0 Å². The number of hydrogen-bond donors (Lipinski definition) is 0. The van der Waals surface area contributed by atoms with E-state index in [4.69, 9.17) is 0 Å². The van der Waals surface area contributed by atoms with Crippen LogP contribution in [0.25, 0.3) is 0 Å². The van der Waals surface area contributed by atoms with Gasteiger partial charge in [0.2, 0.25) is 0 Å². The predicted octanol–water partition coefficient (Wildman–Crippen LogP) is 2.91. The number of benzene rings is 1. The molecule has 0 fully saturated rings. The Morgan fingerprint density at radius 3 is 2.40 bits per heavy atom. The van der Waals surface area contributed by atoms with Crippen LogP contribution in [0.3, 0.4) is 0 Å². The summed E-state index contributed by atoms with van der Waals surface area (Å²) in [6.45, 7) is 1.96. The van der Waals surface area contributed by atoms with Crippen LogP contribution in [0.5, 0.6) is 5.75 Å². The minimum atomic E-state index is -0.139. The number of hydrogen-bond acceptors (Lipinski definition) is 2. The summed E-state index contributed by atoms with van der Waals surface area (Å²) in [4.78, 5) is 0. The molecule has 3 heteroatoms. The lowest BCUT2D eigenvalue weighted by molar-refractivity contribution is 0.611. The molecule has 0 saturated carbocycles. The molecule has 0 bridgehead atoms. The molecule has 10 heavy (non-hydrogen) atoms. The van der Waals surface area contributed by atoms with Crippen LogP contribution in [0, 0.1) is 6.92 Å². The first-order valence-electron chi connectivity index (χ1n) is 2.85. The first-order chi connectivity index (χ1) is 4.83. The zero-order valence-corrected chi connectivity index (χ0v) is 6.32. The van der Waals surface area contributed by atoms with E-state index < -0.39 is 0 Å². The van der Waals surface area contributed by atoms with Crippen LogP contribution in [0.1, 0.15) is 5.56 Å². The van der Waals surface area contributed by atoms with Crippen LogP contribution in [0.15, 0.2) is 24.3 Å². The summed E-state index contributed by atoms with van der Waals surface area (Å²) >= 11 is -0.139. The van der Waals surface area contributed by atoms with E-state index in [0.717, 1.165) is 5.56 Å². The highest BCUT2D eigenvalue weighted by Crippen LogP contribution is 2.16. The molecule has 0 N–H and O–H groups in total. The van der Waals surface area contributed by atoms with E-state index in [1.54, 1.807) is 12.1 Å². The van der Waals surface area contributed by atoms with Crippen LogP contribution < -0.4 is 4.18 Å². The molecular weight excluding hydrogens is 151 g/mol. The fourth-order valence-electron chi connectivity index (χ4n) is 0.630. The van der Waals surface area contributed by atoms with E-state index in [9.17, 15) is 3.89 Å². The van der Waals surface area contributed by atoms with Crippen molar-refractivity contribution in [1.82, 2.24) is 0 Å². The minimum absolute atomic E-state index is 0.139. The van der Waals surface area contributed by atoms with Gasteiger partial charge in [0.05, 0.1) is 0 Å². The van der Waals surface area contributed by atoms with Crippen LogP contribution in [-0.2, 0) is 0 Å². The van der Waals surface area contributed by atoms with Gasteiger partial charge in [0.1, 0.15) is 5.75 Å². The van der Waals surface area contributed by atoms with Crippen molar-refractivity contribution >= 4 is 12.4 Å². The average molecular weight is 158 g/mol. The maximum atomic E-state index is 11.5. The van der Waals surface area contributed by atoms with Gasteiger partial charge in [0.15, 0.2) is 0 Å². The lowest BCUT2D eigenvalue weighted by atomic mass is 10.2. The van der Waals surface area contributed by atoms with Gasteiger partial charge in [-0.05, 0) is 19.1 Å². The van der Waals surface area contributed by atoms with Crippen molar-refractivity contribution in [3.63, 3.8) is 0 Å². The van der Waals surface area contributed by atoms with Gasteiger partial charge in [-0.3, -0.25) is 0 Å². The fraction of sp³-hybridized carbons (Fsp3) is 0.143. The summed E-state index contributed by atoms with van der Waals surface area (Å²) in [6, 6.07) is 7.18. The lowest BCUT2D eigenvalue weighted by Crippen LogP contribution is -1.76. The summed E-state index contributed by atoms with van der Waals surface area (Å²) in [7, 11) is 0. The Hall–Kier alpha value is -0.700. The molecule has 0 aromatic heterocycles. The molecular formula is C7H7FOS. The Kier molecular flexibility index (Phi) is 2.57. The topological polar surface area (TPSA) is 9.23 Å². The van der Waals surface area contributed by atoms with E-state index in [1.807, 2.05) is 19.1 Å². The second-order valence-corrected chi connectivity index (χ2v) is 2.25. The normalized spacial score (nSPS) is 9.40. The van der Waals surface area contributed by atoms with Crippen molar-refractivity contribution in [2.45, 2.75) is 6.92 Å². The Morgan fingerprint density at radius 2 is 1.90 bits per heavy atom. The zero-order chi connectivity index (χ0) is 7.40. The summed E-state index contributed by atoms with van der Waals surface area (Å²) in [6.07, 6.45) is 0. The number of halogens is 1. The summed E-state index contributed by atoms with van der Waals surface area (Å²) in [5, 5.41) is 0. The molecule has 1 aromatic rings. The molecule has 1 nitrogen and oxygen atoms in total. The minimum Gasteiger partial charge on any atom is -0.397 e. The van der Waals surface area contributed by atoms with Gasteiger partial charge in [-0.2, -0.15) is 0 Å². The van der Waals surface area contributed by atoms with Crippen LogP contribution in [-0.4, -0.2) is 0 Å². The van der Waals surface area contributed by atoms with Crippen molar-refractivity contribution in [2.24, 2.45) is 0 Å². The fourth-order valence-corrected chi connectivity index (χ4v) is 0.814. The van der Waals surface area contributed by atoms with Gasteiger partial charge in [0, 0.05) is 0 Å². The summed E-state index contributed by atoms with van der Waals surface area (Å²) in [5.41, 5.74) is 1.14.